The lowest BCUT2D eigenvalue weighted by molar-refractivity contribution is 0.105. The van der Waals surface area contributed by atoms with E-state index < -0.39 is 11.9 Å². The van der Waals surface area contributed by atoms with Crippen LogP contribution < -0.4 is 4.74 Å². The van der Waals surface area contributed by atoms with Crippen molar-refractivity contribution in [1.29, 1.82) is 0 Å². The maximum absolute atomic E-state index is 13.5. The van der Waals surface area contributed by atoms with Crippen LogP contribution in [0.15, 0.2) is 46.9 Å². The van der Waals surface area contributed by atoms with Crippen LogP contribution in [0.4, 0.5) is 4.39 Å². The highest BCUT2D eigenvalue weighted by atomic mass is 79.9. The third kappa shape index (κ3) is 3.69. The molecule has 2 aromatic carbocycles. The lowest BCUT2D eigenvalue weighted by atomic mass is 10.1. The Morgan fingerprint density at radius 2 is 2.00 bits per heavy atom. The molecule has 0 saturated carbocycles. The van der Waals surface area contributed by atoms with Crippen molar-refractivity contribution >= 4 is 27.5 Å². The van der Waals surface area contributed by atoms with Gasteiger partial charge in [-0.3, -0.25) is 0 Å². The number of ether oxygens (including phenoxy) is 1. The van der Waals surface area contributed by atoms with Gasteiger partial charge in [0.15, 0.2) is 0 Å². The number of benzene rings is 2. The van der Waals surface area contributed by atoms with E-state index in [9.17, 15) is 9.50 Å². The quantitative estimate of drug-likeness (QED) is 0.892. The summed E-state index contributed by atoms with van der Waals surface area (Å²) in [5, 5.41) is 10.3. The van der Waals surface area contributed by atoms with Crippen molar-refractivity contribution < 1.29 is 14.2 Å². The van der Waals surface area contributed by atoms with Crippen molar-refractivity contribution in [3.63, 3.8) is 0 Å². The van der Waals surface area contributed by atoms with Crippen LogP contribution >= 0.6 is 27.5 Å². The molecular weight excluding hydrogens is 335 g/mol. The molecule has 5 heteroatoms. The molecule has 0 heterocycles. The van der Waals surface area contributed by atoms with E-state index in [0.29, 0.717) is 10.8 Å². The molecule has 0 radical (unpaired) electrons. The second kappa shape index (κ2) is 6.37. The zero-order valence-electron chi connectivity index (χ0n) is 9.82. The molecule has 0 aliphatic heterocycles. The van der Waals surface area contributed by atoms with Gasteiger partial charge in [0.25, 0.3) is 0 Å². The first-order valence-electron chi connectivity index (χ1n) is 5.58. The third-order valence-electron chi connectivity index (χ3n) is 2.55. The van der Waals surface area contributed by atoms with Crippen LogP contribution in [-0.2, 0) is 0 Å². The Hall–Kier alpha value is -1.10. The molecule has 0 spiro atoms. The summed E-state index contributed by atoms with van der Waals surface area (Å²) in [5.74, 6) is -0.0132. The smallest absolute Gasteiger partial charge is 0.138 e. The largest absolute Gasteiger partial charge is 0.489 e. The Bertz CT molecular complexity index is 577. The maximum atomic E-state index is 13.5. The average Bonchev–Trinajstić information content (AvgIpc) is 2.38. The van der Waals surface area contributed by atoms with E-state index in [1.54, 1.807) is 30.3 Å². The van der Waals surface area contributed by atoms with Gasteiger partial charge in [0.2, 0.25) is 0 Å². The molecule has 19 heavy (non-hydrogen) atoms. The lowest BCUT2D eigenvalue weighted by Crippen LogP contribution is -2.11. The SMILES string of the molecule is OC(COc1ccc(Br)cc1Cl)c1ccccc1F. The number of halogens is 3. The van der Waals surface area contributed by atoms with Crippen LogP contribution in [0.2, 0.25) is 5.02 Å². The number of hydrogen-bond donors (Lipinski definition) is 1. The lowest BCUT2D eigenvalue weighted by Gasteiger charge is -2.14. The molecule has 0 aliphatic rings. The number of aliphatic hydroxyl groups excluding tert-OH is 1. The Balaban J connectivity index is 2.04. The van der Waals surface area contributed by atoms with Crippen molar-refractivity contribution in [2.75, 3.05) is 6.61 Å². The summed E-state index contributed by atoms with van der Waals surface area (Å²) >= 11 is 9.26. The van der Waals surface area contributed by atoms with Gasteiger partial charge in [-0.1, -0.05) is 45.7 Å². The molecule has 0 bridgehead atoms. The molecule has 0 aromatic heterocycles. The predicted molar refractivity (Wildman–Crippen MR) is 76.0 cm³/mol. The van der Waals surface area contributed by atoms with E-state index in [4.69, 9.17) is 16.3 Å². The van der Waals surface area contributed by atoms with Crippen molar-refractivity contribution in [3.05, 3.63) is 63.3 Å². The Kier molecular flexibility index (Phi) is 4.80. The minimum absolute atomic E-state index is 0.0672. The van der Waals surface area contributed by atoms with E-state index in [-0.39, 0.29) is 12.2 Å². The fraction of sp³-hybridized carbons (Fsp3) is 0.143. The standard InChI is InChI=1S/C14H11BrClFO2/c15-9-5-6-14(11(16)7-9)19-8-13(18)10-3-1-2-4-12(10)17/h1-7,13,18H,8H2. The van der Waals surface area contributed by atoms with Crippen LogP contribution in [0, 0.1) is 5.82 Å². The summed E-state index contributed by atoms with van der Waals surface area (Å²) in [6.45, 7) is -0.0672. The number of aliphatic hydroxyl groups is 1. The van der Waals surface area contributed by atoms with Crippen LogP contribution in [0.5, 0.6) is 5.75 Å². The van der Waals surface area contributed by atoms with Crippen molar-refractivity contribution in [2.45, 2.75) is 6.10 Å². The molecular formula is C14H11BrClFO2. The Morgan fingerprint density at radius 3 is 2.68 bits per heavy atom. The van der Waals surface area contributed by atoms with E-state index in [1.165, 1.54) is 12.1 Å². The van der Waals surface area contributed by atoms with Gasteiger partial charge >= 0.3 is 0 Å². The first-order valence-corrected chi connectivity index (χ1v) is 6.75. The second-order valence-electron chi connectivity index (χ2n) is 3.92. The van der Waals surface area contributed by atoms with Crippen molar-refractivity contribution in [3.8, 4) is 5.75 Å². The van der Waals surface area contributed by atoms with E-state index >= 15 is 0 Å². The molecule has 0 saturated heterocycles. The fourth-order valence-electron chi connectivity index (χ4n) is 1.60. The van der Waals surface area contributed by atoms with E-state index in [0.717, 1.165) is 4.47 Å². The van der Waals surface area contributed by atoms with Gasteiger partial charge in [0, 0.05) is 10.0 Å². The Labute approximate surface area is 123 Å². The van der Waals surface area contributed by atoms with Gasteiger partial charge in [-0.2, -0.15) is 0 Å². The molecule has 2 aromatic rings. The Morgan fingerprint density at radius 1 is 1.26 bits per heavy atom. The highest BCUT2D eigenvalue weighted by molar-refractivity contribution is 9.10. The normalized spacial score (nSPS) is 12.2. The molecule has 1 N–H and O–H groups in total. The van der Waals surface area contributed by atoms with Gasteiger partial charge in [0.05, 0.1) is 5.02 Å². The van der Waals surface area contributed by atoms with Gasteiger partial charge in [0.1, 0.15) is 24.3 Å². The summed E-state index contributed by atoms with van der Waals surface area (Å²) < 4.78 is 19.7. The number of hydrogen-bond acceptors (Lipinski definition) is 2. The average molecular weight is 346 g/mol. The van der Waals surface area contributed by atoms with Gasteiger partial charge < -0.3 is 9.84 Å². The zero-order chi connectivity index (χ0) is 13.8. The molecule has 1 atom stereocenters. The van der Waals surface area contributed by atoms with Gasteiger partial charge in [-0.05, 0) is 24.3 Å². The molecule has 0 fully saturated rings. The van der Waals surface area contributed by atoms with Gasteiger partial charge in [-0.15, -0.1) is 0 Å². The number of rotatable bonds is 4. The topological polar surface area (TPSA) is 29.5 Å². The first kappa shape index (κ1) is 14.3. The van der Waals surface area contributed by atoms with Crippen LogP contribution in [0.25, 0.3) is 0 Å². The van der Waals surface area contributed by atoms with Crippen molar-refractivity contribution in [1.82, 2.24) is 0 Å². The zero-order valence-corrected chi connectivity index (χ0v) is 12.2. The minimum atomic E-state index is -1.04. The monoisotopic (exact) mass is 344 g/mol. The predicted octanol–water partition coefficient (Wildman–Crippen LogP) is 4.35. The highest BCUT2D eigenvalue weighted by Crippen LogP contribution is 2.28. The fourth-order valence-corrected chi connectivity index (χ4v) is 2.32. The third-order valence-corrected chi connectivity index (χ3v) is 3.34. The molecule has 100 valence electrons. The maximum Gasteiger partial charge on any atom is 0.138 e. The molecule has 2 rings (SSSR count). The van der Waals surface area contributed by atoms with Gasteiger partial charge in [-0.25, -0.2) is 4.39 Å². The molecule has 2 nitrogen and oxygen atoms in total. The summed E-state index contributed by atoms with van der Waals surface area (Å²) in [7, 11) is 0. The summed E-state index contributed by atoms with van der Waals surface area (Å²) in [6.07, 6.45) is -1.04. The van der Waals surface area contributed by atoms with Crippen LogP contribution in [0.1, 0.15) is 11.7 Å². The first-order chi connectivity index (χ1) is 9.08. The van der Waals surface area contributed by atoms with E-state index in [1.807, 2.05) is 0 Å². The van der Waals surface area contributed by atoms with Crippen LogP contribution in [-0.4, -0.2) is 11.7 Å². The second-order valence-corrected chi connectivity index (χ2v) is 5.25. The van der Waals surface area contributed by atoms with Crippen molar-refractivity contribution in [2.24, 2.45) is 0 Å². The summed E-state index contributed by atoms with van der Waals surface area (Å²) in [4.78, 5) is 0. The molecule has 0 amide bonds. The van der Waals surface area contributed by atoms with E-state index in [2.05, 4.69) is 15.9 Å². The molecule has 1 unspecified atom stereocenters. The summed E-state index contributed by atoms with van der Waals surface area (Å²) in [5.41, 5.74) is 0.204. The highest BCUT2D eigenvalue weighted by Gasteiger charge is 2.13. The van der Waals surface area contributed by atoms with Crippen LogP contribution in [0.3, 0.4) is 0 Å². The summed E-state index contributed by atoms with van der Waals surface area (Å²) in [6, 6.07) is 11.2. The molecule has 0 aliphatic carbocycles. The minimum Gasteiger partial charge on any atom is -0.489 e.